The maximum atomic E-state index is 3.84. The third-order valence-electron chi connectivity index (χ3n) is 2.37. The SMILES string of the molecule is [CH2-][OH+]CCCCCCc1ccccc1. The summed E-state index contributed by atoms with van der Waals surface area (Å²) in [6, 6.07) is 10.7. The van der Waals surface area contributed by atoms with Crippen LogP contribution in [0.2, 0.25) is 0 Å². The van der Waals surface area contributed by atoms with Gasteiger partial charge in [0.1, 0.15) is 6.61 Å². The number of hydrogen-bond donors (Lipinski definition) is 0. The van der Waals surface area contributed by atoms with Crippen molar-refractivity contribution in [3.63, 3.8) is 0 Å². The molecule has 14 heavy (non-hydrogen) atoms. The topological polar surface area (TPSA) is 12.8 Å². The monoisotopic (exact) mass is 192 g/mol. The van der Waals surface area contributed by atoms with Crippen molar-refractivity contribution >= 4 is 0 Å². The maximum Gasteiger partial charge on any atom is 0.119 e. The van der Waals surface area contributed by atoms with Gasteiger partial charge in [0.15, 0.2) is 0 Å². The first-order valence-electron chi connectivity index (χ1n) is 5.40. The Morgan fingerprint density at radius 2 is 1.64 bits per heavy atom. The second-order valence-corrected chi connectivity index (χ2v) is 3.60. The fraction of sp³-hybridized carbons (Fsp3) is 0.462. The van der Waals surface area contributed by atoms with Crippen LogP contribution in [0.25, 0.3) is 0 Å². The highest BCUT2D eigenvalue weighted by Crippen LogP contribution is 2.07. The third-order valence-corrected chi connectivity index (χ3v) is 2.37. The highest BCUT2D eigenvalue weighted by atomic mass is 16.5. The normalized spacial score (nSPS) is 10.4. The molecule has 0 radical (unpaired) electrons. The number of aliphatic hydroxyl groups is 2. The Bertz CT molecular complexity index is 218. The predicted molar refractivity (Wildman–Crippen MR) is 61.1 cm³/mol. The van der Waals surface area contributed by atoms with Gasteiger partial charge in [0.2, 0.25) is 0 Å². The summed E-state index contributed by atoms with van der Waals surface area (Å²) < 4.78 is 3.84. The molecule has 0 aliphatic carbocycles. The summed E-state index contributed by atoms with van der Waals surface area (Å²) in [5.74, 6) is 0. The van der Waals surface area contributed by atoms with Crippen LogP contribution in [0.4, 0.5) is 0 Å². The molecule has 0 unspecified atom stereocenters. The Morgan fingerprint density at radius 1 is 0.929 bits per heavy atom. The maximum absolute atomic E-state index is 3.84. The van der Waals surface area contributed by atoms with E-state index in [1.54, 1.807) is 0 Å². The minimum Gasteiger partial charge on any atom is -0.582 e. The fourth-order valence-electron chi connectivity index (χ4n) is 1.55. The molecule has 0 spiro atoms. The summed E-state index contributed by atoms with van der Waals surface area (Å²) in [4.78, 5) is 0. The molecule has 1 N–H and O–H groups in total. The van der Waals surface area contributed by atoms with Gasteiger partial charge >= 0.3 is 0 Å². The number of unbranched alkanes of at least 4 members (excludes halogenated alkanes) is 3. The quantitative estimate of drug-likeness (QED) is 0.358. The van der Waals surface area contributed by atoms with Crippen LogP contribution < -0.4 is 0 Å². The van der Waals surface area contributed by atoms with Crippen LogP contribution in [0.1, 0.15) is 31.2 Å². The van der Waals surface area contributed by atoms with Crippen molar-refractivity contribution in [3.05, 3.63) is 43.0 Å². The lowest BCUT2D eigenvalue weighted by atomic mass is 10.1. The van der Waals surface area contributed by atoms with Crippen molar-refractivity contribution in [1.29, 1.82) is 0 Å². The molecule has 0 atom stereocenters. The van der Waals surface area contributed by atoms with Crippen molar-refractivity contribution < 1.29 is 4.74 Å². The highest BCUT2D eigenvalue weighted by molar-refractivity contribution is 5.14. The molecule has 1 aromatic rings. The van der Waals surface area contributed by atoms with E-state index in [2.05, 4.69) is 42.2 Å². The Labute approximate surface area is 87.1 Å². The van der Waals surface area contributed by atoms with Crippen LogP contribution in [-0.2, 0) is 6.42 Å². The van der Waals surface area contributed by atoms with E-state index >= 15 is 0 Å². The lowest BCUT2D eigenvalue weighted by molar-refractivity contribution is 0.0528. The third kappa shape index (κ3) is 5.03. The molecule has 1 rings (SSSR count). The van der Waals surface area contributed by atoms with E-state index in [0.717, 1.165) is 6.61 Å². The molecule has 0 aliphatic rings. The van der Waals surface area contributed by atoms with Gasteiger partial charge in [-0.15, -0.1) is 0 Å². The van der Waals surface area contributed by atoms with Gasteiger partial charge in [-0.2, -0.15) is 0 Å². The molecule has 78 valence electrons. The van der Waals surface area contributed by atoms with Gasteiger partial charge in [-0.25, -0.2) is 0 Å². The smallest absolute Gasteiger partial charge is 0.119 e. The second-order valence-electron chi connectivity index (χ2n) is 3.60. The van der Waals surface area contributed by atoms with Crippen molar-refractivity contribution in [2.45, 2.75) is 32.1 Å². The summed E-state index contributed by atoms with van der Waals surface area (Å²) in [7, 11) is 3.48. The van der Waals surface area contributed by atoms with E-state index < -0.39 is 0 Å². The molecule has 1 aromatic carbocycles. The summed E-state index contributed by atoms with van der Waals surface area (Å²) in [5, 5.41) is 0. The first kappa shape index (κ1) is 11.3. The van der Waals surface area contributed by atoms with Crippen LogP contribution in [-0.4, -0.2) is 11.3 Å². The first-order valence-corrected chi connectivity index (χ1v) is 5.40. The molecule has 1 heteroatoms. The van der Waals surface area contributed by atoms with Gasteiger partial charge in [0, 0.05) is 6.42 Å². The average molecular weight is 192 g/mol. The van der Waals surface area contributed by atoms with Crippen LogP contribution in [0.15, 0.2) is 30.3 Å². The molecule has 0 aromatic heterocycles. The largest absolute Gasteiger partial charge is 0.582 e. The molecule has 0 aliphatic heterocycles. The average Bonchev–Trinajstić information content (AvgIpc) is 2.25. The molecular weight excluding hydrogens is 172 g/mol. The van der Waals surface area contributed by atoms with Crippen LogP contribution in [0.3, 0.4) is 0 Å². The van der Waals surface area contributed by atoms with E-state index in [1.165, 1.54) is 37.7 Å². The summed E-state index contributed by atoms with van der Waals surface area (Å²) in [5.41, 5.74) is 1.45. The molecule has 0 fully saturated rings. The number of hydrogen-bond acceptors (Lipinski definition) is 0. The summed E-state index contributed by atoms with van der Waals surface area (Å²) in [6.07, 6.45) is 6.29. The van der Waals surface area contributed by atoms with Crippen molar-refractivity contribution in [2.24, 2.45) is 0 Å². The van der Waals surface area contributed by atoms with Crippen LogP contribution in [0, 0.1) is 7.11 Å². The minimum absolute atomic E-state index is 0.922. The van der Waals surface area contributed by atoms with E-state index in [9.17, 15) is 0 Å². The Hall–Kier alpha value is -0.820. The number of benzene rings is 1. The van der Waals surface area contributed by atoms with Crippen molar-refractivity contribution in [2.75, 3.05) is 6.61 Å². The second kappa shape index (κ2) is 7.57. The zero-order chi connectivity index (χ0) is 10.1. The van der Waals surface area contributed by atoms with E-state index in [-0.39, 0.29) is 0 Å². The lowest BCUT2D eigenvalue weighted by Crippen LogP contribution is -1.91. The van der Waals surface area contributed by atoms with Gasteiger partial charge in [-0.3, -0.25) is 0 Å². The number of rotatable bonds is 7. The predicted octanol–water partition coefficient (Wildman–Crippen LogP) is 3.11. The molecule has 0 bridgehead atoms. The summed E-state index contributed by atoms with van der Waals surface area (Å²) in [6.45, 7) is 0.922. The zero-order valence-corrected chi connectivity index (χ0v) is 8.78. The molecule has 0 amide bonds. The van der Waals surface area contributed by atoms with E-state index in [1.807, 2.05) is 0 Å². The zero-order valence-electron chi connectivity index (χ0n) is 8.78. The van der Waals surface area contributed by atoms with Gasteiger partial charge in [-0.05, 0) is 24.8 Å². The summed E-state index contributed by atoms with van der Waals surface area (Å²) >= 11 is 0. The molecule has 1 nitrogen and oxygen atoms in total. The Kier molecular flexibility index (Phi) is 6.09. The highest BCUT2D eigenvalue weighted by Gasteiger charge is 1.92. The van der Waals surface area contributed by atoms with Gasteiger partial charge in [0.05, 0.1) is 0 Å². The molecule has 0 saturated heterocycles. The molecule has 0 saturated carbocycles. The lowest BCUT2D eigenvalue weighted by Gasteiger charge is -2.02. The Balaban J connectivity index is 1.99. The van der Waals surface area contributed by atoms with Gasteiger partial charge < -0.3 is 4.74 Å². The van der Waals surface area contributed by atoms with Crippen molar-refractivity contribution in [1.82, 2.24) is 0 Å². The van der Waals surface area contributed by atoms with Crippen LogP contribution >= 0.6 is 0 Å². The Morgan fingerprint density at radius 3 is 2.36 bits per heavy atom. The van der Waals surface area contributed by atoms with Crippen LogP contribution in [0.5, 0.6) is 0 Å². The molecular formula is C13H20O. The fourth-order valence-corrected chi connectivity index (χ4v) is 1.55. The van der Waals surface area contributed by atoms with Gasteiger partial charge in [-0.1, -0.05) is 43.9 Å². The molecule has 0 heterocycles. The van der Waals surface area contributed by atoms with Crippen molar-refractivity contribution in [3.8, 4) is 0 Å². The minimum atomic E-state index is 0.922. The first-order chi connectivity index (χ1) is 6.93. The number of ether oxygens (including phenoxy) is 1. The van der Waals surface area contributed by atoms with Gasteiger partial charge in [0.25, 0.3) is 0 Å². The van der Waals surface area contributed by atoms with E-state index in [4.69, 9.17) is 0 Å². The van der Waals surface area contributed by atoms with E-state index in [0.29, 0.717) is 0 Å². The standard InChI is InChI=1S/C13H20O/c1-14-12-8-3-2-5-9-13-10-6-4-7-11-13/h4,6-7,10-11,14H,1-3,5,8-9,12H2. The number of aryl methyl sites for hydroxylation is 1.